The molecule has 0 aliphatic rings. The van der Waals surface area contributed by atoms with Gasteiger partial charge in [-0.3, -0.25) is 0 Å². The third-order valence-electron chi connectivity index (χ3n) is 3.25. The second kappa shape index (κ2) is 7.41. The average Bonchev–Trinajstić information content (AvgIpc) is 2.38. The first kappa shape index (κ1) is 17.9. The molecule has 0 unspecified atom stereocenters. The van der Waals surface area contributed by atoms with Crippen molar-refractivity contribution in [2.45, 2.75) is 56.6 Å². The second-order valence-corrected chi connectivity index (χ2v) is 8.07. The van der Waals surface area contributed by atoms with Gasteiger partial charge in [0.15, 0.2) is 5.16 Å². The van der Waals surface area contributed by atoms with Gasteiger partial charge in [0.25, 0.3) is 0 Å². The van der Waals surface area contributed by atoms with Crippen LogP contribution in [0.15, 0.2) is 40.4 Å². The van der Waals surface area contributed by atoms with Gasteiger partial charge >= 0.3 is 0 Å². The van der Waals surface area contributed by atoms with E-state index in [0.717, 1.165) is 32.8 Å². The largest absolute Gasteiger partial charge is 0.375 e. The van der Waals surface area contributed by atoms with Crippen molar-refractivity contribution in [3.8, 4) is 0 Å². The van der Waals surface area contributed by atoms with E-state index in [1.165, 1.54) is 5.56 Å². The van der Waals surface area contributed by atoms with E-state index in [1.807, 2.05) is 26.8 Å². The number of rotatable bonds is 5. The normalized spacial score (nSPS) is 11.3. The number of benzene rings is 1. The topological polar surface area (TPSA) is 37.8 Å². The monoisotopic (exact) mass is 345 g/mol. The Bertz CT molecular complexity index is 674. The van der Waals surface area contributed by atoms with E-state index in [-0.39, 0.29) is 5.54 Å². The molecule has 23 heavy (non-hydrogen) atoms. The van der Waals surface area contributed by atoms with Crippen LogP contribution in [-0.4, -0.2) is 20.5 Å². The maximum atomic E-state index is 5.15. The molecule has 1 aromatic heterocycles. The minimum absolute atomic E-state index is 0.0444. The minimum atomic E-state index is -0.0444. The van der Waals surface area contributed by atoms with E-state index in [2.05, 4.69) is 53.4 Å². The molecule has 0 atom stereocenters. The Morgan fingerprint density at radius 3 is 2.22 bits per heavy atom. The molecular formula is C18H23N3S2. The molecule has 5 heteroatoms. The lowest BCUT2D eigenvalue weighted by atomic mass is 9.95. The molecule has 1 heterocycles. The predicted octanol–water partition coefficient (Wildman–Crippen LogP) is 4.50. The van der Waals surface area contributed by atoms with Crippen LogP contribution in [0, 0.1) is 13.8 Å². The highest BCUT2D eigenvalue weighted by atomic mass is 32.2. The minimum Gasteiger partial charge on any atom is -0.375 e. The van der Waals surface area contributed by atoms with Crippen LogP contribution >= 0.6 is 24.0 Å². The number of hydrogen-bond donors (Lipinski definition) is 1. The van der Waals surface area contributed by atoms with Gasteiger partial charge in [-0.2, -0.15) is 0 Å². The lowest BCUT2D eigenvalue weighted by Gasteiger charge is -2.27. The SMILES string of the molecule is CC(=S)NC(C)(C)Cc1ccc(Sc2nc(C)cc(C)n2)cc1. The summed E-state index contributed by atoms with van der Waals surface area (Å²) in [6.45, 7) is 10.2. The number of aryl methyl sites for hydroxylation is 2. The predicted molar refractivity (Wildman–Crippen MR) is 101 cm³/mol. The number of nitrogens with one attached hydrogen (secondary N) is 1. The zero-order valence-electron chi connectivity index (χ0n) is 14.3. The molecule has 0 aliphatic carbocycles. The zero-order valence-corrected chi connectivity index (χ0v) is 15.9. The number of hydrogen-bond acceptors (Lipinski definition) is 4. The Balaban J connectivity index is 2.06. The molecule has 0 fully saturated rings. The Morgan fingerprint density at radius 2 is 1.70 bits per heavy atom. The first-order valence-electron chi connectivity index (χ1n) is 7.61. The van der Waals surface area contributed by atoms with Crippen molar-refractivity contribution >= 4 is 29.0 Å². The summed E-state index contributed by atoms with van der Waals surface area (Å²) in [6.07, 6.45) is 0.923. The van der Waals surface area contributed by atoms with Crippen molar-refractivity contribution in [1.82, 2.24) is 15.3 Å². The molecular weight excluding hydrogens is 322 g/mol. The van der Waals surface area contributed by atoms with E-state index >= 15 is 0 Å². The molecule has 0 saturated heterocycles. The number of thiocarbonyl (C=S) groups is 1. The molecule has 0 saturated carbocycles. The van der Waals surface area contributed by atoms with Gasteiger partial charge in [0, 0.05) is 21.8 Å². The van der Waals surface area contributed by atoms with Gasteiger partial charge in [-0.1, -0.05) is 24.4 Å². The smallest absolute Gasteiger partial charge is 0.192 e. The Hall–Kier alpha value is -1.46. The van der Waals surface area contributed by atoms with Crippen molar-refractivity contribution in [2.75, 3.05) is 0 Å². The van der Waals surface area contributed by atoms with Gasteiger partial charge in [-0.05, 0) is 76.6 Å². The van der Waals surface area contributed by atoms with Crippen LogP contribution < -0.4 is 5.32 Å². The average molecular weight is 346 g/mol. The van der Waals surface area contributed by atoms with Gasteiger partial charge in [-0.25, -0.2) is 9.97 Å². The second-order valence-electron chi connectivity index (χ2n) is 6.42. The van der Waals surface area contributed by atoms with Crippen molar-refractivity contribution in [3.05, 3.63) is 47.3 Å². The van der Waals surface area contributed by atoms with Crippen molar-refractivity contribution < 1.29 is 0 Å². The van der Waals surface area contributed by atoms with Gasteiger partial charge < -0.3 is 5.32 Å². The quantitative estimate of drug-likeness (QED) is 0.638. The fourth-order valence-electron chi connectivity index (χ4n) is 2.55. The summed E-state index contributed by atoms with van der Waals surface area (Å²) in [5.74, 6) is 0. The molecule has 0 amide bonds. The zero-order chi connectivity index (χ0) is 17.0. The maximum absolute atomic E-state index is 5.15. The summed E-state index contributed by atoms with van der Waals surface area (Å²) < 4.78 is 0. The van der Waals surface area contributed by atoms with Crippen LogP contribution in [0.3, 0.4) is 0 Å². The number of aromatic nitrogens is 2. The van der Waals surface area contributed by atoms with Gasteiger partial charge in [0.05, 0.1) is 4.99 Å². The molecule has 1 aromatic carbocycles. The highest BCUT2D eigenvalue weighted by molar-refractivity contribution is 7.99. The van der Waals surface area contributed by atoms with E-state index < -0.39 is 0 Å². The maximum Gasteiger partial charge on any atom is 0.192 e. The third kappa shape index (κ3) is 5.92. The van der Waals surface area contributed by atoms with Gasteiger partial charge in [-0.15, -0.1) is 0 Å². The molecule has 0 spiro atoms. The lowest BCUT2D eigenvalue weighted by Crippen LogP contribution is -2.43. The molecule has 1 N–H and O–H groups in total. The highest BCUT2D eigenvalue weighted by Crippen LogP contribution is 2.26. The van der Waals surface area contributed by atoms with Crippen LogP contribution in [0.2, 0.25) is 0 Å². The fourth-order valence-corrected chi connectivity index (χ4v) is 3.69. The molecule has 0 bridgehead atoms. The molecule has 122 valence electrons. The van der Waals surface area contributed by atoms with Gasteiger partial charge in [0.1, 0.15) is 0 Å². The van der Waals surface area contributed by atoms with Crippen molar-refractivity contribution in [3.63, 3.8) is 0 Å². The molecule has 0 aliphatic heterocycles. The summed E-state index contributed by atoms with van der Waals surface area (Å²) in [5.41, 5.74) is 3.24. The molecule has 2 aromatic rings. The molecule has 2 rings (SSSR count). The Labute approximate surface area is 148 Å². The van der Waals surface area contributed by atoms with E-state index in [4.69, 9.17) is 12.2 Å². The van der Waals surface area contributed by atoms with Crippen LogP contribution in [0.25, 0.3) is 0 Å². The van der Waals surface area contributed by atoms with Crippen molar-refractivity contribution in [1.29, 1.82) is 0 Å². The summed E-state index contributed by atoms with van der Waals surface area (Å²) >= 11 is 6.74. The standard InChI is InChI=1S/C18H23N3S2/c1-12-10-13(2)20-17(19-12)23-16-8-6-15(7-9-16)11-18(4,5)21-14(3)22/h6-10H,11H2,1-5H3,(H,21,22). The third-order valence-corrected chi connectivity index (χ3v) is 4.23. The van der Waals surface area contributed by atoms with E-state index in [9.17, 15) is 0 Å². The van der Waals surface area contributed by atoms with Crippen molar-refractivity contribution in [2.24, 2.45) is 0 Å². The molecule has 3 nitrogen and oxygen atoms in total. The van der Waals surface area contributed by atoms with Crippen LogP contribution in [0.4, 0.5) is 0 Å². The fraction of sp³-hybridized carbons (Fsp3) is 0.389. The van der Waals surface area contributed by atoms with Crippen LogP contribution in [-0.2, 0) is 6.42 Å². The first-order chi connectivity index (χ1) is 10.7. The highest BCUT2D eigenvalue weighted by Gasteiger charge is 2.18. The number of nitrogens with zero attached hydrogens (tertiary/aromatic N) is 2. The lowest BCUT2D eigenvalue weighted by molar-refractivity contribution is 0.460. The summed E-state index contributed by atoms with van der Waals surface area (Å²) in [6, 6.07) is 10.6. The summed E-state index contributed by atoms with van der Waals surface area (Å²) in [5, 5.41) is 4.14. The van der Waals surface area contributed by atoms with Crippen LogP contribution in [0.1, 0.15) is 37.7 Å². The van der Waals surface area contributed by atoms with Crippen LogP contribution in [0.5, 0.6) is 0 Å². The van der Waals surface area contributed by atoms with E-state index in [1.54, 1.807) is 11.8 Å². The Kier molecular flexibility index (Phi) is 5.76. The first-order valence-corrected chi connectivity index (χ1v) is 8.84. The van der Waals surface area contributed by atoms with E-state index in [0.29, 0.717) is 0 Å². The van der Waals surface area contributed by atoms with Gasteiger partial charge in [0.2, 0.25) is 0 Å². The summed E-state index contributed by atoms with van der Waals surface area (Å²) in [4.78, 5) is 10.9. The summed E-state index contributed by atoms with van der Waals surface area (Å²) in [7, 11) is 0. The Morgan fingerprint density at radius 1 is 1.13 bits per heavy atom. The molecule has 0 radical (unpaired) electrons.